The number of rotatable bonds is 2. The molecule has 0 radical (unpaired) electrons. The first kappa shape index (κ1) is 13.3. The summed E-state index contributed by atoms with van der Waals surface area (Å²) in [7, 11) is 0. The quantitative estimate of drug-likeness (QED) is 0.824. The van der Waals surface area contributed by atoms with E-state index in [1.54, 1.807) is 0 Å². The lowest BCUT2D eigenvalue weighted by Gasteiger charge is -2.24. The Morgan fingerprint density at radius 1 is 1.28 bits per heavy atom. The molecule has 0 amide bonds. The Labute approximate surface area is 115 Å². The van der Waals surface area contributed by atoms with Gasteiger partial charge in [-0.05, 0) is 43.0 Å². The molecule has 1 aromatic carbocycles. The topological polar surface area (TPSA) is 15.3 Å². The first-order valence-electron chi connectivity index (χ1n) is 6.82. The molecule has 1 N–H and O–H groups in total. The third-order valence-corrected chi connectivity index (χ3v) is 3.99. The van der Waals surface area contributed by atoms with Crippen LogP contribution >= 0.6 is 12.2 Å². The molecule has 0 saturated carbocycles. The van der Waals surface area contributed by atoms with Crippen molar-refractivity contribution in [2.45, 2.75) is 32.7 Å². The Hall–Kier alpha value is -1.09. The van der Waals surface area contributed by atoms with Gasteiger partial charge < -0.3 is 10.2 Å². The fraction of sp³-hybridized carbons (Fsp3) is 0.533. The van der Waals surface area contributed by atoms with Crippen LogP contribution in [-0.4, -0.2) is 23.1 Å². The van der Waals surface area contributed by atoms with Crippen LogP contribution in [0.1, 0.15) is 31.7 Å². The number of nitrogens with zero attached hydrogens (tertiary/aromatic N) is 1. The monoisotopic (exact) mass is 262 g/mol. The number of hydrogen-bond acceptors (Lipinski definition) is 1. The van der Waals surface area contributed by atoms with Crippen LogP contribution in [0.3, 0.4) is 0 Å². The molecular weight excluding hydrogens is 240 g/mol. The Morgan fingerprint density at radius 2 is 2.06 bits per heavy atom. The molecule has 98 valence electrons. The molecule has 0 aromatic heterocycles. The number of hydrogen-bond donors (Lipinski definition) is 1. The Morgan fingerprint density at radius 3 is 2.83 bits per heavy atom. The van der Waals surface area contributed by atoms with Gasteiger partial charge in [0.2, 0.25) is 0 Å². The molecule has 0 bridgehead atoms. The molecule has 1 aliphatic rings. The van der Waals surface area contributed by atoms with E-state index in [1.165, 1.54) is 24.8 Å². The fourth-order valence-corrected chi connectivity index (χ4v) is 2.61. The molecule has 1 atom stereocenters. The van der Waals surface area contributed by atoms with Crippen LogP contribution < -0.4 is 5.32 Å². The maximum atomic E-state index is 5.49. The lowest BCUT2D eigenvalue weighted by atomic mass is 10.0. The largest absolute Gasteiger partial charge is 0.358 e. The van der Waals surface area contributed by atoms with E-state index in [-0.39, 0.29) is 0 Å². The van der Waals surface area contributed by atoms with Gasteiger partial charge in [-0.25, -0.2) is 0 Å². The number of nitrogens with one attached hydrogen (secondary N) is 1. The molecule has 0 spiro atoms. The van der Waals surface area contributed by atoms with Gasteiger partial charge in [-0.1, -0.05) is 37.3 Å². The van der Waals surface area contributed by atoms with Gasteiger partial charge in [0.05, 0.1) is 0 Å². The maximum Gasteiger partial charge on any atom is 0.169 e. The zero-order valence-electron chi connectivity index (χ0n) is 11.1. The van der Waals surface area contributed by atoms with Gasteiger partial charge >= 0.3 is 0 Å². The molecule has 1 unspecified atom stereocenters. The lowest BCUT2D eigenvalue weighted by molar-refractivity contribution is 0.418. The van der Waals surface area contributed by atoms with Crippen molar-refractivity contribution in [1.82, 2.24) is 10.2 Å². The average Bonchev–Trinajstić information content (AvgIpc) is 2.62. The second-order valence-electron chi connectivity index (χ2n) is 5.17. The van der Waals surface area contributed by atoms with Crippen LogP contribution in [0.2, 0.25) is 0 Å². The van der Waals surface area contributed by atoms with Crippen molar-refractivity contribution in [1.29, 1.82) is 0 Å². The van der Waals surface area contributed by atoms with Gasteiger partial charge in [-0.2, -0.15) is 0 Å². The molecule has 3 heteroatoms. The van der Waals surface area contributed by atoms with Crippen LogP contribution in [-0.2, 0) is 6.54 Å². The summed E-state index contributed by atoms with van der Waals surface area (Å²) >= 11 is 5.49. The van der Waals surface area contributed by atoms with Crippen molar-refractivity contribution in [3.8, 4) is 0 Å². The van der Waals surface area contributed by atoms with Gasteiger partial charge in [0, 0.05) is 19.6 Å². The highest BCUT2D eigenvalue weighted by atomic mass is 32.1. The summed E-state index contributed by atoms with van der Waals surface area (Å²) in [5.74, 6) is 0.840. The second kappa shape index (κ2) is 6.74. The molecule has 1 aliphatic heterocycles. The van der Waals surface area contributed by atoms with E-state index in [4.69, 9.17) is 12.2 Å². The summed E-state index contributed by atoms with van der Waals surface area (Å²) in [6, 6.07) is 10.4. The first-order valence-corrected chi connectivity index (χ1v) is 7.23. The van der Waals surface area contributed by atoms with Crippen molar-refractivity contribution < 1.29 is 0 Å². The highest BCUT2D eigenvalue weighted by Crippen LogP contribution is 2.16. The van der Waals surface area contributed by atoms with Crippen LogP contribution in [0.5, 0.6) is 0 Å². The molecule has 1 aromatic rings. The second-order valence-corrected chi connectivity index (χ2v) is 5.55. The molecule has 0 aliphatic carbocycles. The van der Waals surface area contributed by atoms with Gasteiger partial charge in [-0.15, -0.1) is 0 Å². The Kier molecular flexibility index (Phi) is 5.00. The fourth-order valence-electron chi connectivity index (χ4n) is 2.35. The lowest BCUT2D eigenvalue weighted by Crippen LogP contribution is -2.39. The van der Waals surface area contributed by atoms with E-state index in [2.05, 4.69) is 41.4 Å². The molecule has 18 heavy (non-hydrogen) atoms. The summed E-state index contributed by atoms with van der Waals surface area (Å²) in [4.78, 5) is 2.32. The normalized spacial score (nSPS) is 20.3. The predicted molar refractivity (Wildman–Crippen MR) is 80.5 cm³/mol. The highest BCUT2D eigenvalue weighted by molar-refractivity contribution is 7.80. The molecular formula is C15H22N2S. The van der Waals surface area contributed by atoms with E-state index < -0.39 is 0 Å². The molecule has 1 heterocycles. The molecule has 1 saturated heterocycles. The molecule has 1 fully saturated rings. The van der Waals surface area contributed by atoms with Crippen molar-refractivity contribution in [3.05, 3.63) is 35.9 Å². The van der Waals surface area contributed by atoms with Gasteiger partial charge in [0.25, 0.3) is 0 Å². The maximum absolute atomic E-state index is 5.49. The Balaban J connectivity index is 1.80. The summed E-state index contributed by atoms with van der Waals surface area (Å²) in [5, 5.41) is 4.28. The van der Waals surface area contributed by atoms with Gasteiger partial charge in [0.15, 0.2) is 5.11 Å². The average molecular weight is 262 g/mol. The molecule has 2 rings (SSSR count). The van der Waals surface area contributed by atoms with Crippen LogP contribution in [0.25, 0.3) is 0 Å². The zero-order chi connectivity index (χ0) is 12.8. The van der Waals surface area contributed by atoms with E-state index >= 15 is 0 Å². The standard InChI is InChI=1S/C15H22N2S/c1-13-6-5-10-17(11-9-13)15(18)16-12-14-7-3-2-4-8-14/h2-4,7-8,13H,5-6,9-12H2,1H3,(H,16,18). The first-order chi connectivity index (χ1) is 8.75. The van der Waals surface area contributed by atoms with Crippen molar-refractivity contribution in [2.75, 3.05) is 13.1 Å². The Bertz CT molecular complexity index is 377. The van der Waals surface area contributed by atoms with E-state index in [0.717, 1.165) is 30.7 Å². The van der Waals surface area contributed by atoms with Crippen LogP contribution in [0.4, 0.5) is 0 Å². The number of likely N-dealkylation sites (tertiary alicyclic amines) is 1. The van der Waals surface area contributed by atoms with Crippen molar-refractivity contribution in [2.24, 2.45) is 5.92 Å². The SMILES string of the molecule is CC1CCCN(C(=S)NCc2ccccc2)CC1. The van der Waals surface area contributed by atoms with E-state index in [9.17, 15) is 0 Å². The van der Waals surface area contributed by atoms with Crippen molar-refractivity contribution in [3.63, 3.8) is 0 Å². The predicted octanol–water partition coefficient (Wildman–Crippen LogP) is 3.18. The van der Waals surface area contributed by atoms with E-state index in [1.807, 2.05) is 6.07 Å². The number of benzene rings is 1. The third-order valence-electron chi connectivity index (χ3n) is 3.59. The summed E-state index contributed by atoms with van der Waals surface area (Å²) in [6.45, 7) is 5.36. The molecule has 2 nitrogen and oxygen atoms in total. The van der Waals surface area contributed by atoms with Gasteiger partial charge in [-0.3, -0.25) is 0 Å². The third kappa shape index (κ3) is 3.98. The van der Waals surface area contributed by atoms with Crippen LogP contribution in [0.15, 0.2) is 30.3 Å². The summed E-state index contributed by atoms with van der Waals surface area (Å²) < 4.78 is 0. The minimum Gasteiger partial charge on any atom is -0.358 e. The highest BCUT2D eigenvalue weighted by Gasteiger charge is 2.15. The van der Waals surface area contributed by atoms with Crippen molar-refractivity contribution >= 4 is 17.3 Å². The summed E-state index contributed by atoms with van der Waals surface area (Å²) in [5.41, 5.74) is 1.28. The summed E-state index contributed by atoms with van der Waals surface area (Å²) in [6.07, 6.45) is 3.85. The smallest absolute Gasteiger partial charge is 0.169 e. The minimum absolute atomic E-state index is 0.825. The minimum atomic E-state index is 0.825. The van der Waals surface area contributed by atoms with E-state index in [0.29, 0.717) is 0 Å². The zero-order valence-corrected chi connectivity index (χ0v) is 11.9. The van der Waals surface area contributed by atoms with Gasteiger partial charge in [0.1, 0.15) is 0 Å². The number of thiocarbonyl (C=S) groups is 1. The van der Waals surface area contributed by atoms with Crippen LogP contribution in [0, 0.1) is 5.92 Å².